The number of rotatable bonds is 8. The van der Waals surface area contributed by atoms with Gasteiger partial charge in [-0.2, -0.15) is 8.78 Å². The van der Waals surface area contributed by atoms with Gasteiger partial charge in [-0.15, -0.1) is 0 Å². The normalized spacial score (nSPS) is 23.5. The molecule has 0 spiro atoms. The van der Waals surface area contributed by atoms with E-state index in [1.165, 1.54) is 36.5 Å². The number of alkyl halides is 4. The fourth-order valence-electron chi connectivity index (χ4n) is 3.93. The predicted molar refractivity (Wildman–Crippen MR) is 119 cm³/mol. The molecule has 1 aliphatic heterocycles. The molecule has 2 aliphatic rings. The van der Waals surface area contributed by atoms with E-state index in [1.807, 2.05) is 0 Å². The van der Waals surface area contributed by atoms with Gasteiger partial charge in [-0.05, 0) is 25.1 Å². The molecule has 1 saturated carbocycles. The van der Waals surface area contributed by atoms with E-state index in [1.54, 1.807) is 6.92 Å². The number of carbonyl (C=O) groups excluding carboxylic acids is 1. The van der Waals surface area contributed by atoms with Gasteiger partial charge < -0.3 is 15.4 Å². The van der Waals surface area contributed by atoms with Gasteiger partial charge in [0.05, 0.1) is 22.5 Å². The first-order chi connectivity index (χ1) is 15.9. The zero-order valence-electron chi connectivity index (χ0n) is 18.0. The number of amides is 1. The number of anilines is 1. The minimum absolute atomic E-state index is 0.0666. The lowest BCUT2D eigenvalue weighted by Gasteiger charge is -2.38. The Bertz CT molecular complexity index is 1140. The number of ether oxygens (including phenoxy) is 1. The summed E-state index contributed by atoms with van der Waals surface area (Å²) >= 11 is 0. The van der Waals surface area contributed by atoms with Crippen molar-refractivity contribution in [1.29, 1.82) is 5.41 Å². The highest BCUT2D eigenvalue weighted by molar-refractivity contribution is 7.86. The molecule has 0 unspecified atom stereocenters. The number of aromatic nitrogens is 1. The van der Waals surface area contributed by atoms with Crippen molar-refractivity contribution in [3.63, 3.8) is 0 Å². The Morgan fingerprint density at radius 2 is 1.94 bits per heavy atom. The Morgan fingerprint density at radius 1 is 1.24 bits per heavy atom. The lowest BCUT2D eigenvalue weighted by Crippen LogP contribution is -2.61. The Balaban J connectivity index is 1.61. The number of hydrogen-bond donors (Lipinski definition) is 3. The predicted octanol–water partition coefficient (Wildman–Crippen LogP) is 3.56. The van der Waals surface area contributed by atoms with E-state index in [4.69, 9.17) is 5.41 Å². The maximum atomic E-state index is 13.4. The van der Waals surface area contributed by atoms with Crippen LogP contribution in [0.25, 0.3) is 0 Å². The van der Waals surface area contributed by atoms with Crippen LogP contribution in [0.3, 0.4) is 0 Å². The van der Waals surface area contributed by atoms with Gasteiger partial charge in [0, 0.05) is 52.9 Å². The third kappa shape index (κ3) is 5.37. The van der Waals surface area contributed by atoms with Crippen LogP contribution in [0, 0.1) is 5.41 Å². The summed E-state index contributed by atoms with van der Waals surface area (Å²) in [5.41, 5.74) is -0.158. The van der Waals surface area contributed by atoms with Crippen LogP contribution in [0.4, 0.5) is 23.2 Å². The highest BCUT2D eigenvalue weighted by Crippen LogP contribution is 2.39. The number of carbonyl (C=O) groups is 1. The largest absolute Gasteiger partial charge is 0.435 e. The Morgan fingerprint density at radius 3 is 2.56 bits per heavy atom. The first-order valence-corrected chi connectivity index (χ1v) is 11.9. The molecule has 1 amide bonds. The zero-order chi connectivity index (χ0) is 24.7. The molecule has 1 aliphatic carbocycles. The van der Waals surface area contributed by atoms with Gasteiger partial charge >= 0.3 is 6.61 Å². The third-order valence-electron chi connectivity index (χ3n) is 5.56. The summed E-state index contributed by atoms with van der Waals surface area (Å²) in [5.74, 6) is -2.75. The van der Waals surface area contributed by atoms with Gasteiger partial charge in [0.1, 0.15) is 11.4 Å². The number of hydrogen-bond acceptors (Lipinski definition) is 6. The zero-order valence-corrected chi connectivity index (χ0v) is 18.9. The molecule has 34 heavy (non-hydrogen) atoms. The number of halogens is 4. The van der Waals surface area contributed by atoms with E-state index >= 15 is 0 Å². The summed E-state index contributed by atoms with van der Waals surface area (Å²) in [5, 5.41) is 14.3. The van der Waals surface area contributed by atoms with Crippen molar-refractivity contribution >= 4 is 28.1 Å². The highest BCUT2D eigenvalue weighted by Gasteiger charge is 2.45. The molecule has 0 radical (unpaired) electrons. The number of benzene rings is 1. The Kier molecular flexibility index (Phi) is 6.36. The molecular weight excluding hydrogens is 476 g/mol. The highest BCUT2D eigenvalue weighted by atomic mass is 32.2. The molecule has 1 aromatic heterocycles. The molecule has 182 valence electrons. The molecule has 0 atom stereocenters. The molecule has 2 fully saturated rings. The fourth-order valence-corrected chi connectivity index (χ4v) is 5.41. The average molecular weight is 499 g/mol. The van der Waals surface area contributed by atoms with E-state index in [2.05, 4.69) is 20.4 Å². The molecule has 4 rings (SSSR count). The minimum Gasteiger partial charge on any atom is -0.435 e. The van der Waals surface area contributed by atoms with Crippen LogP contribution < -0.4 is 15.4 Å². The molecular formula is C22H22F4N4O3S. The maximum Gasteiger partial charge on any atom is 0.387 e. The van der Waals surface area contributed by atoms with Crippen LogP contribution in [0.1, 0.15) is 41.4 Å². The van der Waals surface area contributed by atoms with Crippen molar-refractivity contribution in [2.75, 3.05) is 16.8 Å². The van der Waals surface area contributed by atoms with Crippen molar-refractivity contribution in [2.24, 2.45) is 0 Å². The van der Waals surface area contributed by atoms with Crippen LogP contribution in [-0.4, -0.2) is 56.4 Å². The first-order valence-electron chi connectivity index (χ1n) is 10.4. The van der Waals surface area contributed by atoms with Crippen molar-refractivity contribution in [1.82, 2.24) is 10.3 Å². The Hall–Kier alpha value is -3.02. The van der Waals surface area contributed by atoms with Gasteiger partial charge in [-0.25, -0.2) is 8.78 Å². The molecule has 12 heteroatoms. The second kappa shape index (κ2) is 8.97. The Labute approximate surface area is 195 Å². The van der Waals surface area contributed by atoms with E-state index in [9.17, 15) is 26.6 Å². The number of nitrogens with zero attached hydrogens (tertiary/aromatic N) is 1. The number of pyridine rings is 1. The minimum atomic E-state index is -3.03. The van der Waals surface area contributed by atoms with E-state index in [0.29, 0.717) is 11.5 Å². The summed E-state index contributed by atoms with van der Waals surface area (Å²) in [6, 6.07) is 6.33. The summed E-state index contributed by atoms with van der Waals surface area (Å²) in [6.45, 7) is -1.26. The molecule has 2 heterocycles. The van der Waals surface area contributed by atoms with E-state index in [0.717, 1.165) is 0 Å². The van der Waals surface area contributed by atoms with Crippen LogP contribution in [0.15, 0.2) is 36.5 Å². The second-order valence-electron chi connectivity index (χ2n) is 8.75. The topological polar surface area (TPSA) is 104 Å². The van der Waals surface area contributed by atoms with Gasteiger partial charge in [0.2, 0.25) is 0 Å². The molecule has 1 aromatic carbocycles. The van der Waals surface area contributed by atoms with Crippen molar-refractivity contribution in [2.45, 2.75) is 43.9 Å². The first kappa shape index (κ1) is 24.1. The van der Waals surface area contributed by atoms with Crippen molar-refractivity contribution in [3.8, 4) is 5.75 Å². The maximum absolute atomic E-state index is 13.4. The molecule has 7 nitrogen and oxygen atoms in total. The molecule has 0 bridgehead atoms. The summed E-state index contributed by atoms with van der Waals surface area (Å²) in [4.78, 5) is 17.0. The van der Waals surface area contributed by atoms with Gasteiger partial charge in [-0.3, -0.25) is 19.4 Å². The van der Waals surface area contributed by atoms with E-state index < -0.39 is 53.7 Å². The van der Waals surface area contributed by atoms with Crippen LogP contribution in [-0.2, 0) is 10.8 Å². The van der Waals surface area contributed by atoms with Crippen LogP contribution in [0.5, 0.6) is 5.75 Å². The third-order valence-corrected chi connectivity index (χ3v) is 7.48. The smallest absolute Gasteiger partial charge is 0.387 e. The van der Waals surface area contributed by atoms with Crippen LogP contribution in [0.2, 0.25) is 0 Å². The average Bonchev–Trinajstić information content (AvgIpc) is 2.70. The van der Waals surface area contributed by atoms with Crippen LogP contribution >= 0.6 is 0 Å². The summed E-state index contributed by atoms with van der Waals surface area (Å²) < 4.78 is 67.7. The molecule has 1 saturated heterocycles. The summed E-state index contributed by atoms with van der Waals surface area (Å²) in [7, 11) is -0.984. The SMILES string of the molecule is CC1(NC(=O)c2cnc(C(=N)c3cccc(OC(F)F)c3)c(NC3CC(F)(F)C3)c2)CS(=O)C1. The van der Waals surface area contributed by atoms with Gasteiger partial charge in [-0.1, -0.05) is 12.1 Å². The standard InChI is InChI=1S/C22H22F4N4O3S/c1-21(10-34(32)11-21)30-19(31)13-6-16(29-14-7-22(25,26)8-14)18(28-9-13)17(27)12-3-2-4-15(5-12)33-20(23)24/h2-6,9,14,20,27,29H,7-8,10-11H2,1H3,(H,30,31). The lowest BCUT2D eigenvalue weighted by molar-refractivity contribution is -0.0793. The molecule has 3 N–H and O–H groups in total. The van der Waals surface area contributed by atoms with E-state index in [-0.39, 0.29) is 34.0 Å². The quantitative estimate of drug-likeness (QED) is 0.382. The van der Waals surface area contributed by atoms with Gasteiger partial charge in [0.15, 0.2) is 0 Å². The van der Waals surface area contributed by atoms with Crippen molar-refractivity contribution in [3.05, 3.63) is 53.3 Å². The lowest BCUT2D eigenvalue weighted by atomic mass is 9.88. The number of nitrogens with one attached hydrogen (secondary N) is 3. The molecule has 2 aromatic rings. The summed E-state index contributed by atoms with van der Waals surface area (Å²) in [6.07, 6.45) is 0.438. The fraction of sp³-hybridized carbons (Fsp3) is 0.409. The van der Waals surface area contributed by atoms with Gasteiger partial charge in [0.25, 0.3) is 11.8 Å². The second-order valence-corrected chi connectivity index (χ2v) is 10.2. The van der Waals surface area contributed by atoms with Crippen molar-refractivity contribution < 1.29 is 31.3 Å². The monoisotopic (exact) mass is 498 g/mol.